The molecule has 0 aromatic rings. The molecule has 0 rings (SSSR count). The highest BCUT2D eigenvalue weighted by atomic mass is 16.1. The van der Waals surface area contributed by atoms with Crippen LogP contribution in [0.2, 0.25) is 0 Å². The van der Waals surface area contributed by atoms with E-state index in [0.717, 1.165) is 0 Å². The van der Waals surface area contributed by atoms with Crippen LogP contribution in [0.3, 0.4) is 0 Å². The molecule has 0 fully saturated rings. The zero-order chi connectivity index (χ0) is 7.44. The second kappa shape index (κ2) is 7.73. The van der Waals surface area contributed by atoms with E-state index in [0.29, 0.717) is 5.92 Å². The lowest BCUT2D eigenvalue weighted by molar-refractivity contribution is -0.119. The van der Waals surface area contributed by atoms with Crippen LogP contribution in [-0.4, -0.2) is 18.9 Å². The molecular formula is C9H23NO. The van der Waals surface area contributed by atoms with Gasteiger partial charge in [-0.3, -0.25) is 4.79 Å². The molecule has 2 heteroatoms. The lowest BCUT2D eigenvalue weighted by Gasteiger charge is -2.15. The summed E-state index contributed by atoms with van der Waals surface area (Å²) in [5.74, 6) is 0.611. The van der Waals surface area contributed by atoms with Gasteiger partial charge in [-0.15, -0.1) is 0 Å². The van der Waals surface area contributed by atoms with Crippen molar-refractivity contribution in [3.05, 3.63) is 0 Å². The molecule has 0 bridgehead atoms. The number of carbonyl (C=O) groups excluding carboxylic acids is 1. The lowest BCUT2D eigenvalue weighted by Crippen LogP contribution is -2.36. The van der Waals surface area contributed by atoms with E-state index in [4.69, 9.17) is 0 Å². The Labute approximate surface area is 71.4 Å². The van der Waals surface area contributed by atoms with Crippen molar-refractivity contribution in [1.29, 1.82) is 0 Å². The normalized spacial score (nSPS) is 11.4. The van der Waals surface area contributed by atoms with Crippen LogP contribution >= 0.6 is 0 Å². The minimum absolute atomic E-state index is 0. The van der Waals surface area contributed by atoms with E-state index in [1.807, 2.05) is 20.9 Å². The van der Waals surface area contributed by atoms with Gasteiger partial charge in [0.1, 0.15) is 5.78 Å². The Balaban J connectivity index is -0.000000320. The number of ketones is 1. The van der Waals surface area contributed by atoms with E-state index in [1.54, 1.807) is 6.92 Å². The maximum Gasteiger partial charge on any atom is 0.146 e. The maximum atomic E-state index is 10.8. The standard InChI is InChI=1S/C7H15NO.2CH4/c1-5(2)7(8-4)6(3)9;;/h5,7-8H,1-4H3;2*1H4. The van der Waals surface area contributed by atoms with Crippen LogP contribution in [-0.2, 0) is 4.79 Å². The maximum absolute atomic E-state index is 10.8. The van der Waals surface area contributed by atoms with E-state index in [9.17, 15) is 4.79 Å². The van der Waals surface area contributed by atoms with Gasteiger partial charge in [0.05, 0.1) is 6.04 Å². The van der Waals surface area contributed by atoms with Crippen molar-refractivity contribution < 1.29 is 4.79 Å². The van der Waals surface area contributed by atoms with Crippen LogP contribution in [0, 0.1) is 5.92 Å². The van der Waals surface area contributed by atoms with Crippen LogP contribution in [0.15, 0.2) is 0 Å². The van der Waals surface area contributed by atoms with Gasteiger partial charge in [0.2, 0.25) is 0 Å². The van der Waals surface area contributed by atoms with Crippen molar-refractivity contribution in [3.63, 3.8) is 0 Å². The summed E-state index contributed by atoms with van der Waals surface area (Å²) in [4.78, 5) is 10.8. The highest BCUT2D eigenvalue weighted by Gasteiger charge is 2.14. The van der Waals surface area contributed by atoms with Gasteiger partial charge in [-0.05, 0) is 19.9 Å². The largest absolute Gasteiger partial charge is 0.310 e. The lowest BCUT2D eigenvalue weighted by atomic mass is 10.0. The minimum atomic E-state index is 0. The monoisotopic (exact) mass is 161 g/mol. The Morgan fingerprint density at radius 2 is 1.64 bits per heavy atom. The molecule has 0 saturated heterocycles. The quantitative estimate of drug-likeness (QED) is 0.686. The van der Waals surface area contributed by atoms with Gasteiger partial charge in [-0.2, -0.15) is 0 Å². The van der Waals surface area contributed by atoms with Crippen LogP contribution in [0.5, 0.6) is 0 Å². The third-order valence-corrected chi connectivity index (χ3v) is 1.42. The van der Waals surface area contributed by atoms with E-state index in [1.165, 1.54) is 0 Å². The summed E-state index contributed by atoms with van der Waals surface area (Å²) in [6.45, 7) is 5.67. The van der Waals surface area contributed by atoms with Crippen LogP contribution < -0.4 is 5.32 Å². The van der Waals surface area contributed by atoms with E-state index >= 15 is 0 Å². The topological polar surface area (TPSA) is 29.1 Å². The van der Waals surface area contributed by atoms with E-state index in [-0.39, 0.29) is 26.7 Å². The molecule has 1 N–H and O–H groups in total. The molecule has 1 unspecified atom stereocenters. The van der Waals surface area contributed by atoms with Gasteiger partial charge >= 0.3 is 0 Å². The smallest absolute Gasteiger partial charge is 0.146 e. The molecule has 0 radical (unpaired) electrons. The van der Waals surface area contributed by atoms with Gasteiger partial charge in [-0.25, -0.2) is 0 Å². The third kappa shape index (κ3) is 6.05. The molecule has 2 nitrogen and oxygen atoms in total. The molecule has 0 aliphatic rings. The molecule has 0 heterocycles. The van der Waals surface area contributed by atoms with Gasteiger partial charge in [0.15, 0.2) is 0 Å². The summed E-state index contributed by atoms with van der Waals surface area (Å²) in [7, 11) is 1.81. The number of hydrogen-bond acceptors (Lipinski definition) is 2. The SMILES string of the molecule is C.C.CNC(C(C)=O)C(C)C. The first-order valence-electron chi connectivity index (χ1n) is 3.27. The molecular weight excluding hydrogens is 138 g/mol. The molecule has 0 aliphatic heterocycles. The fraction of sp³-hybridized carbons (Fsp3) is 0.889. The fourth-order valence-electron chi connectivity index (χ4n) is 1.01. The van der Waals surface area contributed by atoms with Gasteiger partial charge in [-0.1, -0.05) is 28.7 Å². The number of nitrogens with one attached hydrogen (secondary N) is 1. The molecule has 11 heavy (non-hydrogen) atoms. The summed E-state index contributed by atoms with van der Waals surface area (Å²) >= 11 is 0. The molecule has 1 atom stereocenters. The van der Waals surface area contributed by atoms with Gasteiger partial charge < -0.3 is 5.32 Å². The van der Waals surface area contributed by atoms with Crippen molar-refractivity contribution in [3.8, 4) is 0 Å². The number of hydrogen-bond donors (Lipinski definition) is 1. The summed E-state index contributed by atoms with van der Waals surface area (Å²) < 4.78 is 0. The summed E-state index contributed by atoms with van der Waals surface area (Å²) in [5.41, 5.74) is 0. The highest BCUT2D eigenvalue weighted by molar-refractivity contribution is 5.81. The number of Topliss-reactive ketones (excluding diaryl/α,β-unsaturated/α-hetero) is 1. The minimum Gasteiger partial charge on any atom is -0.310 e. The highest BCUT2D eigenvalue weighted by Crippen LogP contribution is 2.00. The average molecular weight is 161 g/mol. The van der Waals surface area contributed by atoms with Crippen molar-refractivity contribution >= 4 is 5.78 Å². The first-order chi connectivity index (χ1) is 4.09. The molecule has 70 valence electrons. The number of carbonyl (C=O) groups is 1. The molecule has 0 saturated carbocycles. The molecule has 0 aromatic carbocycles. The number of likely N-dealkylation sites (N-methyl/N-ethyl adjacent to an activating group) is 1. The zero-order valence-corrected chi connectivity index (χ0v) is 6.56. The number of rotatable bonds is 3. The average Bonchev–Trinajstić information content (AvgIpc) is 1.64. The first-order valence-corrected chi connectivity index (χ1v) is 3.27. The van der Waals surface area contributed by atoms with Crippen LogP contribution in [0.25, 0.3) is 0 Å². The van der Waals surface area contributed by atoms with Gasteiger partial charge in [0.25, 0.3) is 0 Å². The predicted molar refractivity (Wildman–Crippen MR) is 51.8 cm³/mol. The van der Waals surface area contributed by atoms with Crippen LogP contribution in [0.4, 0.5) is 0 Å². The Bertz CT molecular complexity index is 99.7. The third-order valence-electron chi connectivity index (χ3n) is 1.42. The second-order valence-corrected chi connectivity index (χ2v) is 2.62. The van der Waals surface area contributed by atoms with Gasteiger partial charge in [0, 0.05) is 0 Å². The van der Waals surface area contributed by atoms with Crippen molar-refractivity contribution in [2.45, 2.75) is 41.7 Å². The summed E-state index contributed by atoms with van der Waals surface area (Å²) in [6.07, 6.45) is 0. The van der Waals surface area contributed by atoms with E-state index < -0.39 is 0 Å². The fourth-order valence-corrected chi connectivity index (χ4v) is 1.01. The van der Waals surface area contributed by atoms with E-state index in [2.05, 4.69) is 5.32 Å². The van der Waals surface area contributed by atoms with Crippen LogP contribution in [0.1, 0.15) is 35.6 Å². The van der Waals surface area contributed by atoms with Crippen molar-refractivity contribution in [1.82, 2.24) is 5.32 Å². The Morgan fingerprint density at radius 3 is 1.64 bits per heavy atom. The molecule has 0 aliphatic carbocycles. The first kappa shape index (κ1) is 16.9. The Kier molecular flexibility index (Phi) is 11.9. The molecule has 0 amide bonds. The second-order valence-electron chi connectivity index (χ2n) is 2.62. The molecule has 0 aromatic heterocycles. The van der Waals surface area contributed by atoms with Crippen molar-refractivity contribution in [2.75, 3.05) is 7.05 Å². The summed E-state index contributed by atoms with van der Waals surface area (Å²) in [5, 5.41) is 2.95. The van der Waals surface area contributed by atoms with Crippen molar-refractivity contribution in [2.24, 2.45) is 5.92 Å². The predicted octanol–water partition coefficient (Wildman–Crippen LogP) is 2.09. The summed E-state index contributed by atoms with van der Waals surface area (Å²) in [6, 6.07) is 0.0324. The Morgan fingerprint density at radius 1 is 1.27 bits per heavy atom. The zero-order valence-electron chi connectivity index (χ0n) is 6.56. The molecule has 0 spiro atoms. The Hall–Kier alpha value is -0.370.